The molecule has 1 aromatic carbocycles. The molecule has 0 amide bonds. The van der Waals surface area contributed by atoms with Crippen molar-refractivity contribution in [1.82, 2.24) is 5.43 Å². The van der Waals surface area contributed by atoms with E-state index in [-0.39, 0.29) is 6.04 Å². The van der Waals surface area contributed by atoms with E-state index in [0.29, 0.717) is 5.92 Å². The highest BCUT2D eigenvalue weighted by Crippen LogP contribution is 2.42. The number of nitrogens with one attached hydrogen (secondary N) is 1. The van der Waals surface area contributed by atoms with Gasteiger partial charge in [-0.3, -0.25) is 11.3 Å². The van der Waals surface area contributed by atoms with Crippen LogP contribution >= 0.6 is 0 Å². The zero-order valence-corrected chi connectivity index (χ0v) is 12.3. The third-order valence-electron chi connectivity index (χ3n) is 4.53. The fourth-order valence-corrected chi connectivity index (χ4v) is 3.36. The SMILES string of the molecule is CCC1CCC(C(NN)c2cc(C)ccc2OC)C1. The first-order chi connectivity index (χ1) is 9.19. The van der Waals surface area contributed by atoms with Crippen LogP contribution in [0.2, 0.25) is 0 Å². The quantitative estimate of drug-likeness (QED) is 0.632. The van der Waals surface area contributed by atoms with Crippen LogP contribution in [0.15, 0.2) is 18.2 Å². The van der Waals surface area contributed by atoms with Crippen molar-refractivity contribution in [3.05, 3.63) is 29.3 Å². The molecule has 3 nitrogen and oxygen atoms in total. The van der Waals surface area contributed by atoms with Crippen molar-refractivity contribution in [2.75, 3.05) is 7.11 Å². The second kappa shape index (κ2) is 6.40. The van der Waals surface area contributed by atoms with Gasteiger partial charge in [-0.05, 0) is 37.7 Å². The number of hydrogen-bond acceptors (Lipinski definition) is 3. The average Bonchev–Trinajstić information content (AvgIpc) is 2.89. The van der Waals surface area contributed by atoms with Gasteiger partial charge in [-0.1, -0.05) is 37.5 Å². The zero-order valence-electron chi connectivity index (χ0n) is 12.3. The van der Waals surface area contributed by atoms with Crippen LogP contribution in [0, 0.1) is 18.8 Å². The largest absolute Gasteiger partial charge is 0.496 e. The Balaban J connectivity index is 2.24. The molecule has 106 valence electrons. The molecule has 0 spiro atoms. The third kappa shape index (κ3) is 3.10. The Bertz CT molecular complexity index is 419. The maximum atomic E-state index is 5.84. The van der Waals surface area contributed by atoms with Crippen molar-refractivity contribution in [3.8, 4) is 5.75 Å². The van der Waals surface area contributed by atoms with Crippen molar-refractivity contribution in [1.29, 1.82) is 0 Å². The van der Waals surface area contributed by atoms with E-state index in [1.807, 2.05) is 6.07 Å². The smallest absolute Gasteiger partial charge is 0.123 e. The number of methoxy groups -OCH3 is 1. The van der Waals surface area contributed by atoms with Crippen LogP contribution in [0.5, 0.6) is 5.75 Å². The van der Waals surface area contributed by atoms with E-state index >= 15 is 0 Å². The Kier molecular flexibility index (Phi) is 4.83. The highest BCUT2D eigenvalue weighted by atomic mass is 16.5. The summed E-state index contributed by atoms with van der Waals surface area (Å²) in [6.45, 7) is 4.39. The standard InChI is InChI=1S/C16H26N2O/c1-4-12-6-7-13(10-12)16(18-17)14-9-11(2)5-8-15(14)19-3/h5,8-9,12-13,16,18H,4,6-7,10,17H2,1-3H3. The molecule has 0 saturated heterocycles. The molecule has 1 fully saturated rings. The number of benzene rings is 1. The molecule has 1 aliphatic carbocycles. The first kappa shape index (κ1) is 14.4. The number of aryl methyl sites for hydroxylation is 1. The van der Waals surface area contributed by atoms with E-state index in [1.165, 1.54) is 36.8 Å². The summed E-state index contributed by atoms with van der Waals surface area (Å²) >= 11 is 0. The number of ether oxygens (including phenoxy) is 1. The molecule has 3 N–H and O–H groups in total. The first-order valence-corrected chi connectivity index (χ1v) is 7.30. The van der Waals surface area contributed by atoms with Gasteiger partial charge in [0.2, 0.25) is 0 Å². The summed E-state index contributed by atoms with van der Waals surface area (Å²) in [5.41, 5.74) is 5.48. The summed E-state index contributed by atoms with van der Waals surface area (Å²) < 4.78 is 5.50. The van der Waals surface area contributed by atoms with Gasteiger partial charge in [0.05, 0.1) is 13.2 Å². The van der Waals surface area contributed by atoms with Crippen molar-refractivity contribution in [3.63, 3.8) is 0 Å². The highest BCUT2D eigenvalue weighted by molar-refractivity contribution is 5.39. The summed E-state index contributed by atoms with van der Waals surface area (Å²) in [6.07, 6.45) is 5.12. The van der Waals surface area contributed by atoms with Gasteiger partial charge < -0.3 is 4.74 Å². The molecule has 2 rings (SSSR count). The Morgan fingerprint density at radius 2 is 2.21 bits per heavy atom. The second-order valence-electron chi connectivity index (χ2n) is 5.74. The Morgan fingerprint density at radius 3 is 2.79 bits per heavy atom. The van der Waals surface area contributed by atoms with Crippen LogP contribution < -0.4 is 16.0 Å². The summed E-state index contributed by atoms with van der Waals surface area (Å²) in [6, 6.07) is 6.52. The molecule has 1 aliphatic rings. The predicted molar refractivity (Wildman–Crippen MR) is 78.9 cm³/mol. The molecule has 0 radical (unpaired) electrons. The molecule has 3 atom stereocenters. The summed E-state index contributed by atoms with van der Waals surface area (Å²) in [4.78, 5) is 0. The fourth-order valence-electron chi connectivity index (χ4n) is 3.36. The predicted octanol–water partition coefficient (Wildman–Crippen LogP) is 3.33. The van der Waals surface area contributed by atoms with Crippen LogP contribution in [0.4, 0.5) is 0 Å². The molecule has 19 heavy (non-hydrogen) atoms. The van der Waals surface area contributed by atoms with E-state index in [2.05, 4.69) is 31.4 Å². The lowest BCUT2D eigenvalue weighted by atomic mass is 9.89. The normalized spacial score (nSPS) is 24.4. The molecule has 0 heterocycles. The van der Waals surface area contributed by atoms with Crippen molar-refractivity contribution in [2.45, 2.75) is 45.6 Å². The number of hydrazine groups is 1. The van der Waals surface area contributed by atoms with Crippen LogP contribution in [0.1, 0.15) is 49.8 Å². The lowest BCUT2D eigenvalue weighted by molar-refractivity contribution is 0.339. The first-order valence-electron chi connectivity index (χ1n) is 7.30. The Morgan fingerprint density at radius 1 is 1.42 bits per heavy atom. The highest BCUT2D eigenvalue weighted by Gasteiger charge is 2.31. The van der Waals surface area contributed by atoms with Crippen LogP contribution in [-0.4, -0.2) is 7.11 Å². The van der Waals surface area contributed by atoms with E-state index in [0.717, 1.165) is 11.7 Å². The van der Waals surface area contributed by atoms with Gasteiger partial charge in [-0.2, -0.15) is 0 Å². The molecule has 3 unspecified atom stereocenters. The van der Waals surface area contributed by atoms with E-state index in [9.17, 15) is 0 Å². The molecule has 0 aromatic heterocycles. The van der Waals surface area contributed by atoms with Gasteiger partial charge in [0.1, 0.15) is 5.75 Å². The second-order valence-corrected chi connectivity index (χ2v) is 5.74. The monoisotopic (exact) mass is 262 g/mol. The van der Waals surface area contributed by atoms with Crippen molar-refractivity contribution in [2.24, 2.45) is 17.7 Å². The van der Waals surface area contributed by atoms with E-state index in [4.69, 9.17) is 10.6 Å². The zero-order chi connectivity index (χ0) is 13.8. The van der Waals surface area contributed by atoms with Crippen molar-refractivity contribution >= 4 is 0 Å². The summed E-state index contributed by atoms with van der Waals surface area (Å²) in [5, 5.41) is 0. The molecule has 1 aromatic rings. The Labute approximate surface area is 116 Å². The molecule has 0 bridgehead atoms. The van der Waals surface area contributed by atoms with Crippen molar-refractivity contribution < 1.29 is 4.74 Å². The maximum absolute atomic E-state index is 5.84. The Hall–Kier alpha value is -1.06. The van der Waals surface area contributed by atoms with Crippen LogP contribution in [0.25, 0.3) is 0 Å². The van der Waals surface area contributed by atoms with Crippen LogP contribution in [-0.2, 0) is 0 Å². The van der Waals surface area contributed by atoms with Crippen LogP contribution in [0.3, 0.4) is 0 Å². The summed E-state index contributed by atoms with van der Waals surface area (Å²) in [5.74, 6) is 8.25. The molecule has 3 heteroatoms. The molecular formula is C16H26N2O. The van der Waals surface area contributed by atoms with Gasteiger partial charge in [0.25, 0.3) is 0 Å². The van der Waals surface area contributed by atoms with E-state index < -0.39 is 0 Å². The fraction of sp³-hybridized carbons (Fsp3) is 0.625. The van der Waals surface area contributed by atoms with Gasteiger partial charge in [-0.25, -0.2) is 0 Å². The molecule has 0 aliphatic heterocycles. The summed E-state index contributed by atoms with van der Waals surface area (Å²) in [7, 11) is 1.73. The number of hydrogen-bond donors (Lipinski definition) is 2. The molecular weight excluding hydrogens is 236 g/mol. The van der Waals surface area contributed by atoms with Gasteiger partial charge >= 0.3 is 0 Å². The van der Waals surface area contributed by atoms with E-state index in [1.54, 1.807) is 7.11 Å². The maximum Gasteiger partial charge on any atom is 0.123 e. The van der Waals surface area contributed by atoms with Gasteiger partial charge in [-0.15, -0.1) is 0 Å². The minimum atomic E-state index is 0.200. The third-order valence-corrected chi connectivity index (χ3v) is 4.53. The minimum absolute atomic E-state index is 0.200. The lowest BCUT2D eigenvalue weighted by Crippen LogP contribution is -2.33. The lowest BCUT2D eigenvalue weighted by Gasteiger charge is -2.25. The number of nitrogens with two attached hydrogens (primary N) is 1. The molecule has 1 saturated carbocycles. The van der Waals surface area contributed by atoms with Gasteiger partial charge in [0, 0.05) is 5.56 Å². The topological polar surface area (TPSA) is 47.3 Å². The average molecular weight is 262 g/mol. The number of rotatable bonds is 5. The minimum Gasteiger partial charge on any atom is -0.496 e. The van der Waals surface area contributed by atoms with Gasteiger partial charge in [0.15, 0.2) is 0 Å².